The number of nitro benzene ring substituents is 1. The normalized spacial score (nSPS) is 10.5. The van der Waals surface area contributed by atoms with Gasteiger partial charge in [-0.2, -0.15) is 5.10 Å². The van der Waals surface area contributed by atoms with Crippen LogP contribution in [0, 0.1) is 10.1 Å². The van der Waals surface area contributed by atoms with Gasteiger partial charge in [0.25, 0.3) is 11.6 Å². The lowest BCUT2D eigenvalue weighted by Crippen LogP contribution is -2.24. The number of hydrogen-bond donors (Lipinski definition) is 1. The van der Waals surface area contributed by atoms with Crippen LogP contribution in [0.1, 0.15) is 5.56 Å². The van der Waals surface area contributed by atoms with Crippen LogP contribution in [0.25, 0.3) is 0 Å². The summed E-state index contributed by atoms with van der Waals surface area (Å²) in [4.78, 5) is 21.7. The van der Waals surface area contributed by atoms with Gasteiger partial charge in [-0.05, 0) is 23.8 Å². The molecule has 0 spiro atoms. The maximum atomic E-state index is 11.6. The van der Waals surface area contributed by atoms with Crippen LogP contribution in [0.3, 0.4) is 0 Å². The minimum absolute atomic E-state index is 0.101. The second-order valence-electron chi connectivity index (χ2n) is 4.39. The van der Waals surface area contributed by atoms with Gasteiger partial charge in [0.2, 0.25) is 0 Å². The number of non-ortho nitro benzene ring substituents is 1. The molecule has 0 aliphatic carbocycles. The Kier molecular flexibility index (Phi) is 5.81. The molecule has 2 rings (SSSR count). The summed E-state index contributed by atoms with van der Waals surface area (Å²) in [6, 6.07) is 13.0. The first kappa shape index (κ1) is 16.6. The van der Waals surface area contributed by atoms with Gasteiger partial charge in [-0.25, -0.2) is 5.43 Å². The third-order valence-electron chi connectivity index (χ3n) is 2.67. The smallest absolute Gasteiger partial charge is 0.277 e. The zero-order valence-electron chi connectivity index (χ0n) is 11.8. The van der Waals surface area contributed by atoms with Crippen LogP contribution in [-0.2, 0) is 4.79 Å². The van der Waals surface area contributed by atoms with Gasteiger partial charge in [-0.15, -0.1) is 0 Å². The van der Waals surface area contributed by atoms with E-state index in [4.69, 9.17) is 4.74 Å². The standard InChI is InChI=1S/C15H12BrN3O4/c16-12-6-4-11(5-7-12)9-17-18-15(20)10-23-14-3-1-2-13(8-14)19(21)22/h1-9H,10H2,(H,18,20)/b17-9+. The van der Waals surface area contributed by atoms with Crippen LogP contribution in [0.5, 0.6) is 5.75 Å². The Balaban J connectivity index is 1.82. The van der Waals surface area contributed by atoms with Crippen LogP contribution in [-0.4, -0.2) is 23.7 Å². The third kappa shape index (κ3) is 5.51. The Labute approximate surface area is 140 Å². The highest BCUT2D eigenvalue weighted by Crippen LogP contribution is 2.18. The van der Waals surface area contributed by atoms with Crippen LogP contribution in [0.15, 0.2) is 58.1 Å². The second-order valence-corrected chi connectivity index (χ2v) is 5.30. The first-order valence-corrected chi connectivity index (χ1v) is 7.28. The molecule has 7 nitrogen and oxygen atoms in total. The lowest BCUT2D eigenvalue weighted by molar-refractivity contribution is -0.384. The number of hydrogen-bond acceptors (Lipinski definition) is 5. The minimum atomic E-state index is -0.532. The molecule has 118 valence electrons. The van der Waals surface area contributed by atoms with Crippen molar-refractivity contribution in [3.63, 3.8) is 0 Å². The van der Waals surface area contributed by atoms with E-state index >= 15 is 0 Å². The number of amides is 1. The van der Waals surface area contributed by atoms with Gasteiger partial charge >= 0.3 is 0 Å². The highest BCUT2D eigenvalue weighted by atomic mass is 79.9. The van der Waals surface area contributed by atoms with E-state index < -0.39 is 10.8 Å². The molecule has 1 N–H and O–H groups in total. The lowest BCUT2D eigenvalue weighted by Gasteiger charge is -2.04. The number of rotatable bonds is 6. The number of carbonyl (C=O) groups excluding carboxylic acids is 1. The number of halogens is 1. The summed E-state index contributed by atoms with van der Waals surface area (Å²) < 4.78 is 6.13. The van der Waals surface area contributed by atoms with Crippen molar-refractivity contribution >= 4 is 33.7 Å². The van der Waals surface area contributed by atoms with Gasteiger partial charge in [0.1, 0.15) is 5.75 Å². The summed E-state index contributed by atoms with van der Waals surface area (Å²) >= 11 is 3.32. The predicted molar refractivity (Wildman–Crippen MR) is 88.5 cm³/mol. The highest BCUT2D eigenvalue weighted by molar-refractivity contribution is 9.10. The fourth-order valence-electron chi connectivity index (χ4n) is 1.60. The first-order valence-electron chi connectivity index (χ1n) is 6.49. The Morgan fingerprint density at radius 2 is 2.04 bits per heavy atom. The summed E-state index contributed by atoms with van der Waals surface area (Å²) in [5, 5.41) is 14.4. The van der Waals surface area contributed by atoms with Crippen LogP contribution in [0.4, 0.5) is 5.69 Å². The van der Waals surface area contributed by atoms with Crippen molar-refractivity contribution in [3.8, 4) is 5.75 Å². The Hall–Kier alpha value is -2.74. The number of benzene rings is 2. The van der Waals surface area contributed by atoms with Gasteiger partial charge in [-0.3, -0.25) is 14.9 Å². The monoisotopic (exact) mass is 377 g/mol. The van der Waals surface area contributed by atoms with Crippen molar-refractivity contribution in [2.24, 2.45) is 5.10 Å². The van der Waals surface area contributed by atoms with E-state index in [1.165, 1.54) is 30.5 Å². The van der Waals surface area contributed by atoms with E-state index in [-0.39, 0.29) is 18.0 Å². The molecule has 0 saturated carbocycles. The number of hydrazone groups is 1. The molecule has 0 saturated heterocycles. The molecule has 2 aromatic rings. The molecule has 0 unspecified atom stereocenters. The molecule has 0 aromatic heterocycles. The van der Waals surface area contributed by atoms with Crippen molar-refractivity contribution < 1.29 is 14.5 Å². The van der Waals surface area contributed by atoms with Crippen LogP contribution >= 0.6 is 15.9 Å². The van der Waals surface area contributed by atoms with Gasteiger partial charge in [0, 0.05) is 10.5 Å². The van der Waals surface area contributed by atoms with Crippen LogP contribution in [0.2, 0.25) is 0 Å². The molecule has 0 bridgehead atoms. The zero-order valence-corrected chi connectivity index (χ0v) is 13.4. The molecule has 2 aromatic carbocycles. The SMILES string of the molecule is O=C(COc1cccc([N+](=O)[O-])c1)N/N=C/c1ccc(Br)cc1. The topological polar surface area (TPSA) is 93.8 Å². The highest BCUT2D eigenvalue weighted by Gasteiger charge is 2.07. The van der Waals surface area contributed by atoms with E-state index in [1.807, 2.05) is 24.3 Å². The van der Waals surface area contributed by atoms with Crippen molar-refractivity contribution in [3.05, 3.63) is 68.7 Å². The quantitative estimate of drug-likeness (QED) is 0.475. The van der Waals surface area contributed by atoms with Gasteiger partial charge in [0.05, 0.1) is 17.2 Å². The predicted octanol–water partition coefficient (Wildman–Crippen LogP) is 2.89. The molecule has 1 amide bonds. The number of carbonyl (C=O) groups is 1. The van der Waals surface area contributed by atoms with Crippen molar-refractivity contribution in [2.45, 2.75) is 0 Å². The molecule has 0 radical (unpaired) electrons. The van der Waals surface area contributed by atoms with Crippen molar-refractivity contribution in [1.82, 2.24) is 5.43 Å². The molecule has 23 heavy (non-hydrogen) atoms. The summed E-state index contributed by atoms with van der Waals surface area (Å²) in [7, 11) is 0. The summed E-state index contributed by atoms with van der Waals surface area (Å²) in [5.74, 6) is -0.226. The molecule has 0 aliphatic heterocycles. The van der Waals surface area contributed by atoms with E-state index in [1.54, 1.807) is 0 Å². The number of nitrogens with zero attached hydrogens (tertiary/aromatic N) is 2. The fourth-order valence-corrected chi connectivity index (χ4v) is 1.86. The largest absolute Gasteiger partial charge is 0.483 e. The average molecular weight is 378 g/mol. The Morgan fingerprint density at radius 3 is 2.74 bits per heavy atom. The molecule has 8 heteroatoms. The lowest BCUT2D eigenvalue weighted by atomic mass is 10.2. The molecule has 0 atom stereocenters. The third-order valence-corrected chi connectivity index (χ3v) is 3.20. The van der Waals surface area contributed by atoms with E-state index in [9.17, 15) is 14.9 Å². The van der Waals surface area contributed by atoms with Crippen molar-refractivity contribution in [1.29, 1.82) is 0 Å². The summed E-state index contributed by atoms with van der Waals surface area (Å²) in [6.07, 6.45) is 1.50. The molecular formula is C15H12BrN3O4. The average Bonchev–Trinajstić information content (AvgIpc) is 2.55. The van der Waals surface area contributed by atoms with E-state index in [2.05, 4.69) is 26.5 Å². The summed E-state index contributed by atoms with van der Waals surface area (Å²) in [6.45, 7) is -0.293. The number of ether oxygens (including phenoxy) is 1. The van der Waals surface area contributed by atoms with E-state index in [0.29, 0.717) is 0 Å². The molecular weight excluding hydrogens is 366 g/mol. The maximum absolute atomic E-state index is 11.6. The van der Waals surface area contributed by atoms with E-state index in [0.717, 1.165) is 10.0 Å². The molecule has 0 aliphatic rings. The van der Waals surface area contributed by atoms with Crippen LogP contribution < -0.4 is 10.2 Å². The molecule has 0 fully saturated rings. The number of nitrogens with one attached hydrogen (secondary N) is 1. The zero-order chi connectivity index (χ0) is 16.7. The minimum Gasteiger partial charge on any atom is -0.483 e. The molecule has 0 heterocycles. The first-order chi connectivity index (χ1) is 11.0. The fraction of sp³-hybridized carbons (Fsp3) is 0.0667. The summed E-state index contributed by atoms with van der Waals surface area (Å²) in [5.41, 5.74) is 3.04. The maximum Gasteiger partial charge on any atom is 0.277 e. The number of nitro groups is 1. The second kappa shape index (κ2) is 8.04. The van der Waals surface area contributed by atoms with Gasteiger partial charge < -0.3 is 4.74 Å². The Morgan fingerprint density at radius 1 is 1.30 bits per heavy atom. The van der Waals surface area contributed by atoms with Crippen molar-refractivity contribution in [2.75, 3.05) is 6.61 Å². The van der Waals surface area contributed by atoms with Gasteiger partial charge in [-0.1, -0.05) is 34.1 Å². The Bertz CT molecular complexity index is 732. The van der Waals surface area contributed by atoms with Gasteiger partial charge in [0.15, 0.2) is 6.61 Å².